The van der Waals surface area contributed by atoms with Crippen molar-refractivity contribution in [1.82, 2.24) is 0 Å². The molecule has 0 heterocycles. The number of amides is 1. The van der Waals surface area contributed by atoms with Gasteiger partial charge in [0.2, 0.25) is 0 Å². The molecule has 0 aliphatic heterocycles. The Balaban J connectivity index is 2.10. The van der Waals surface area contributed by atoms with Gasteiger partial charge in [0.1, 0.15) is 12.4 Å². The van der Waals surface area contributed by atoms with E-state index in [1.807, 2.05) is 6.92 Å². The number of hydrogen-bond acceptors (Lipinski definition) is 4. The maximum Gasteiger partial charge on any atom is 0.339 e. The molecule has 0 bridgehead atoms. The van der Waals surface area contributed by atoms with Gasteiger partial charge in [0, 0.05) is 11.3 Å². The first kappa shape index (κ1) is 19.5. The lowest BCUT2D eigenvalue weighted by Crippen LogP contribution is -2.13. The number of rotatable bonds is 7. The minimum atomic E-state index is -0.502. The van der Waals surface area contributed by atoms with Gasteiger partial charge in [-0.15, -0.1) is 0 Å². The Labute approximate surface area is 157 Å². The van der Waals surface area contributed by atoms with Crippen molar-refractivity contribution in [3.05, 3.63) is 70.8 Å². The highest BCUT2D eigenvalue weighted by Crippen LogP contribution is 2.23. The predicted octanol–water partition coefficient (Wildman–Crippen LogP) is 4.72. The van der Waals surface area contributed by atoms with E-state index in [4.69, 9.17) is 21.1 Å². The van der Waals surface area contributed by atoms with Gasteiger partial charge in [0.15, 0.2) is 0 Å². The molecule has 2 aromatic rings. The van der Waals surface area contributed by atoms with E-state index in [0.717, 1.165) is 5.57 Å². The van der Waals surface area contributed by atoms with E-state index in [1.165, 1.54) is 12.1 Å². The van der Waals surface area contributed by atoms with Crippen molar-refractivity contribution in [3.63, 3.8) is 0 Å². The first-order valence-electron chi connectivity index (χ1n) is 8.06. The van der Waals surface area contributed by atoms with E-state index in [9.17, 15) is 9.59 Å². The van der Waals surface area contributed by atoms with Crippen LogP contribution in [0.3, 0.4) is 0 Å². The molecule has 0 aliphatic rings. The number of anilines is 1. The second-order valence-corrected chi connectivity index (χ2v) is 6.05. The third kappa shape index (κ3) is 5.36. The lowest BCUT2D eigenvalue weighted by molar-refractivity contribution is 0.0526. The Bertz CT molecular complexity index is 832. The number of nitrogens with one attached hydrogen (secondary N) is 1. The van der Waals surface area contributed by atoms with Gasteiger partial charge in [-0.2, -0.15) is 0 Å². The van der Waals surface area contributed by atoms with Crippen molar-refractivity contribution in [2.24, 2.45) is 0 Å². The van der Waals surface area contributed by atoms with Crippen LogP contribution in [-0.4, -0.2) is 25.1 Å². The molecule has 26 heavy (non-hydrogen) atoms. The van der Waals surface area contributed by atoms with E-state index in [0.29, 0.717) is 23.6 Å². The van der Waals surface area contributed by atoms with Crippen LogP contribution in [0.5, 0.6) is 5.75 Å². The zero-order valence-corrected chi connectivity index (χ0v) is 15.4. The normalized spacial score (nSPS) is 10.1. The van der Waals surface area contributed by atoms with Gasteiger partial charge < -0.3 is 14.8 Å². The monoisotopic (exact) mass is 373 g/mol. The van der Waals surface area contributed by atoms with Gasteiger partial charge in [-0.3, -0.25) is 4.79 Å². The molecule has 136 valence electrons. The molecular weight excluding hydrogens is 354 g/mol. The van der Waals surface area contributed by atoms with Crippen LogP contribution in [0.15, 0.2) is 54.6 Å². The molecule has 0 spiro atoms. The van der Waals surface area contributed by atoms with Crippen molar-refractivity contribution < 1.29 is 19.1 Å². The maximum atomic E-state index is 12.4. The molecule has 1 amide bonds. The first-order valence-corrected chi connectivity index (χ1v) is 8.43. The maximum absolute atomic E-state index is 12.4. The first-order chi connectivity index (χ1) is 12.4. The Morgan fingerprint density at radius 2 is 1.96 bits per heavy atom. The van der Waals surface area contributed by atoms with Crippen LogP contribution in [0.25, 0.3) is 0 Å². The van der Waals surface area contributed by atoms with Crippen molar-refractivity contribution in [2.75, 3.05) is 18.5 Å². The second-order valence-electron chi connectivity index (χ2n) is 5.64. The molecule has 0 radical (unpaired) electrons. The highest BCUT2D eigenvalue weighted by atomic mass is 35.5. The topological polar surface area (TPSA) is 64.6 Å². The second kappa shape index (κ2) is 9.06. The van der Waals surface area contributed by atoms with Crippen LogP contribution in [-0.2, 0) is 4.74 Å². The van der Waals surface area contributed by atoms with Gasteiger partial charge in [0.05, 0.1) is 17.2 Å². The molecule has 0 unspecified atom stereocenters. The average Bonchev–Trinajstić information content (AvgIpc) is 2.60. The van der Waals surface area contributed by atoms with Crippen LogP contribution >= 0.6 is 11.6 Å². The minimum Gasteiger partial charge on any atom is -0.489 e. The average molecular weight is 374 g/mol. The van der Waals surface area contributed by atoms with Gasteiger partial charge in [-0.25, -0.2) is 4.79 Å². The highest BCUT2D eigenvalue weighted by molar-refractivity contribution is 6.34. The van der Waals surface area contributed by atoms with Gasteiger partial charge in [0.25, 0.3) is 5.91 Å². The van der Waals surface area contributed by atoms with E-state index >= 15 is 0 Å². The van der Waals surface area contributed by atoms with Crippen LogP contribution in [0.1, 0.15) is 34.6 Å². The zero-order valence-electron chi connectivity index (χ0n) is 14.7. The Hall–Kier alpha value is -2.79. The number of halogens is 1. The standard InChI is InChI=1S/C20H20ClNO4/c1-4-25-20(24)17-9-8-15(11-18(17)21)22-19(23)14-6-5-7-16(10-14)26-12-13(2)3/h5-11H,2,4,12H2,1,3H3,(H,22,23). The van der Waals surface area contributed by atoms with Crippen molar-refractivity contribution in [2.45, 2.75) is 13.8 Å². The smallest absolute Gasteiger partial charge is 0.339 e. The molecule has 0 saturated carbocycles. The van der Waals surface area contributed by atoms with Gasteiger partial charge in [-0.05, 0) is 55.8 Å². The van der Waals surface area contributed by atoms with Crippen LogP contribution < -0.4 is 10.1 Å². The summed E-state index contributed by atoms with van der Waals surface area (Å²) in [6.07, 6.45) is 0. The van der Waals surface area contributed by atoms with Crippen molar-refractivity contribution in [3.8, 4) is 5.75 Å². The number of carbonyl (C=O) groups is 2. The van der Waals surface area contributed by atoms with Crippen LogP contribution in [0, 0.1) is 0 Å². The van der Waals surface area contributed by atoms with E-state index in [2.05, 4.69) is 11.9 Å². The fourth-order valence-corrected chi connectivity index (χ4v) is 2.36. The minimum absolute atomic E-state index is 0.208. The molecule has 0 aromatic heterocycles. The van der Waals surface area contributed by atoms with Crippen molar-refractivity contribution >= 4 is 29.2 Å². The highest BCUT2D eigenvalue weighted by Gasteiger charge is 2.13. The van der Waals surface area contributed by atoms with E-state index in [-0.39, 0.29) is 23.1 Å². The fraction of sp³-hybridized carbons (Fsp3) is 0.200. The molecule has 1 N–H and O–H groups in total. The number of ether oxygens (including phenoxy) is 2. The van der Waals surface area contributed by atoms with Gasteiger partial charge in [-0.1, -0.05) is 24.2 Å². The summed E-state index contributed by atoms with van der Waals surface area (Å²) >= 11 is 6.11. The SMILES string of the molecule is C=C(C)COc1cccc(C(=O)Nc2ccc(C(=O)OCC)c(Cl)c2)c1. The summed E-state index contributed by atoms with van der Waals surface area (Å²) in [7, 11) is 0. The largest absolute Gasteiger partial charge is 0.489 e. The van der Waals surface area contributed by atoms with E-state index < -0.39 is 5.97 Å². The number of esters is 1. The third-order valence-corrected chi connectivity index (χ3v) is 3.62. The summed E-state index contributed by atoms with van der Waals surface area (Å²) in [5, 5.41) is 2.95. The summed E-state index contributed by atoms with van der Waals surface area (Å²) in [6, 6.07) is 11.4. The van der Waals surface area contributed by atoms with Crippen LogP contribution in [0.4, 0.5) is 5.69 Å². The zero-order chi connectivity index (χ0) is 19.1. The third-order valence-electron chi connectivity index (χ3n) is 3.30. The molecular formula is C20H20ClNO4. The Kier molecular flexibility index (Phi) is 6.81. The molecule has 0 aliphatic carbocycles. The summed E-state index contributed by atoms with van der Waals surface area (Å²) in [4.78, 5) is 24.2. The number of hydrogen-bond donors (Lipinski definition) is 1. The lowest BCUT2D eigenvalue weighted by Gasteiger charge is -2.10. The summed E-state index contributed by atoms with van der Waals surface area (Å²) < 4.78 is 10.5. The molecule has 2 rings (SSSR count). The molecule has 6 heteroatoms. The molecule has 0 atom stereocenters. The number of benzene rings is 2. The summed E-state index contributed by atoms with van der Waals surface area (Å²) in [5.74, 6) is -0.236. The van der Waals surface area contributed by atoms with E-state index in [1.54, 1.807) is 37.3 Å². The Morgan fingerprint density at radius 1 is 1.19 bits per heavy atom. The number of carbonyl (C=O) groups excluding carboxylic acids is 2. The molecule has 0 saturated heterocycles. The Morgan fingerprint density at radius 3 is 2.62 bits per heavy atom. The summed E-state index contributed by atoms with van der Waals surface area (Å²) in [6.45, 7) is 8.00. The quantitative estimate of drug-likeness (QED) is 0.563. The predicted molar refractivity (Wildman–Crippen MR) is 102 cm³/mol. The molecule has 0 fully saturated rings. The molecule has 2 aromatic carbocycles. The summed E-state index contributed by atoms with van der Waals surface area (Å²) in [5.41, 5.74) is 2.05. The van der Waals surface area contributed by atoms with Crippen LogP contribution in [0.2, 0.25) is 5.02 Å². The van der Waals surface area contributed by atoms with Gasteiger partial charge >= 0.3 is 5.97 Å². The molecule has 5 nitrogen and oxygen atoms in total. The lowest BCUT2D eigenvalue weighted by atomic mass is 10.1. The fourth-order valence-electron chi connectivity index (χ4n) is 2.10. The van der Waals surface area contributed by atoms with Crippen molar-refractivity contribution in [1.29, 1.82) is 0 Å².